The number of nitrogens with one attached hydrogen (secondary N) is 2. The number of carbonyl (C=O) groups excluding carboxylic acids is 2. The van der Waals surface area contributed by atoms with Gasteiger partial charge in [-0.25, -0.2) is 4.98 Å². The van der Waals surface area contributed by atoms with E-state index in [9.17, 15) is 14.7 Å². The number of amides is 2. The lowest BCUT2D eigenvalue weighted by Crippen LogP contribution is -2.48. The molecule has 3 N–H and O–H groups in total. The molecule has 3 aromatic heterocycles. The third-order valence-electron chi connectivity index (χ3n) is 5.05. The summed E-state index contributed by atoms with van der Waals surface area (Å²) in [6, 6.07) is 0.915. The van der Waals surface area contributed by atoms with E-state index in [-0.39, 0.29) is 11.7 Å². The zero-order chi connectivity index (χ0) is 23.9. The highest BCUT2D eigenvalue weighted by Gasteiger charge is 2.33. The van der Waals surface area contributed by atoms with Gasteiger partial charge in [-0.05, 0) is 33.3 Å². The lowest BCUT2D eigenvalue weighted by atomic mass is 10.0. The second kappa shape index (κ2) is 8.66. The number of aromatic amines is 1. The molecule has 172 valence electrons. The minimum absolute atomic E-state index is 0.00456. The Morgan fingerprint density at radius 3 is 2.82 bits per heavy atom. The minimum Gasteiger partial charge on any atom is -0.372 e. The molecule has 3 aromatic rings. The Kier molecular flexibility index (Phi) is 6.04. The second-order valence-corrected chi connectivity index (χ2v) is 9.84. The van der Waals surface area contributed by atoms with Gasteiger partial charge in [0, 0.05) is 23.8 Å². The fourth-order valence-corrected chi connectivity index (χ4v) is 5.70. The number of anilines is 1. The summed E-state index contributed by atoms with van der Waals surface area (Å²) in [4.78, 5) is 32.7. The minimum atomic E-state index is -1.48. The number of hydrogen-bond acceptors (Lipinski definition) is 9. The summed E-state index contributed by atoms with van der Waals surface area (Å²) in [7, 11) is 1.67. The summed E-state index contributed by atoms with van der Waals surface area (Å²) in [5.41, 5.74) is -0.227. The van der Waals surface area contributed by atoms with E-state index in [2.05, 4.69) is 37.5 Å². The number of likely N-dealkylation sites (N-methyl/N-ethyl adjacent to an activating group) is 1. The molecule has 0 saturated carbocycles. The fraction of sp³-hybridized carbons (Fsp3) is 0.381. The number of fused-ring (bicyclic) bond motifs is 1. The smallest absolute Gasteiger partial charge is 0.291 e. The van der Waals surface area contributed by atoms with Crippen LogP contribution in [0.5, 0.6) is 0 Å². The van der Waals surface area contributed by atoms with Gasteiger partial charge in [-0.3, -0.25) is 14.7 Å². The Morgan fingerprint density at radius 1 is 1.42 bits per heavy atom. The van der Waals surface area contributed by atoms with Gasteiger partial charge in [-0.2, -0.15) is 0 Å². The van der Waals surface area contributed by atoms with Gasteiger partial charge in [0.1, 0.15) is 28.3 Å². The Balaban J connectivity index is 1.55. The van der Waals surface area contributed by atoms with Crippen LogP contribution >= 0.6 is 23.1 Å². The van der Waals surface area contributed by atoms with Gasteiger partial charge in [0.2, 0.25) is 5.82 Å². The van der Waals surface area contributed by atoms with Crippen LogP contribution in [0.3, 0.4) is 0 Å². The van der Waals surface area contributed by atoms with Crippen molar-refractivity contribution in [2.45, 2.75) is 44.2 Å². The molecule has 2 amide bonds. The number of carbonyl (C=O) groups is 2. The Morgan fingerprint density at radius 2 is 2.18 bits per heavy atom. The van der Waals surface area contributed by atoms with Gasteiger partial charge < -0.3 is 19.8 Å². The maximum atomic E-state index is 13.1. The number of H-pyrrole nitrogens is 1. The first-order valence-corrected chi connectivity index (χ1v) is 11.8. The standard InChI is InChI=1S/C21H22N6O4S2/c1-10-8-15(26-31-10)21(4,30)7-6-14-11(2)16-20(33-14)27(5)19(29)13(9-32-16)23-18(28)17-22-12(3)24-25-17/h8,13,30H,9H2,1-5H3,(H,23,28)(H,22,24,25)/t13-,21-/m0/s1. The molecule has 12 heteroatoms. The van der Waals surface area contributed by atoms with Crippen LogP contribution < -0.4 is 10.2 Å². The van der Waals surface area contributed by atoms with E-state index in [4.69, 9.17) is 4.52 Å². The van der Waals surface area contributed by atoms with Crippen LogP contribution in [-0.2, 0) is 10.4 Å². The highest BCUT2D eigenvalue weighted by atomic mass is 32.2. The van der Waals surface area contributed by atoms with Gasteiger partial charge in [-0.15, -0.1) is 28.2 Å². The Bertz CT molecular complexity index is 1300. The predicted octanol–water partition coefficient (Wildman–Crippen LogP) is 1.91. The van der Waals surface area contributed by atoms with Crippen LogP contribution in [-0.4, -0.2) is 56.1 Å². The van der Waals surface area contributed by atoms with E-state index >= 15 is 0 Å². The summed E-state index contributed by atoms with van der Waals surface area (Å²) in [6.07, 6.45) is 0. The van der Waals surface area contributed by atoms with Crippen molar-refractivity contribution >= 4 is 39.9 Å². The lowest BCUT2D eigenvalue weighted by molar-refractivity contribution is -0.119. The molecular weight excluding hydrogens is 464 g/mol. The van der Waals surface area contributed by atoms with E-state index in [1.807, 2.05) is 6.92 Å². The van der Waals surface area contributed by atoms with Crippen molar-refractivity contribution < 1.29 is 19.2 Å². The zero-order valence-corrected chi connectivity index (χ0v) is 20.3. The molecule has 2 atom stereocenters. The molecular formula is C21H22N6O4S2. The third-order valence-corrected chi connectivity index (χ3v) is 7.75. The first-order valence-electron chi connectivity index (χ1n) is 10.00. The summed E-state index contributed by atoms with van der Waals surface area (Å²) < 4.78 is 5.04. The lowest BCUT2D eigenvalue weighted by Gasteiger charge is -2.19. The largest absolute Gasteiger partial charge is 0.372 e. The van der Waals surface area contributed by atoms with Crippen LogP contribution in [0.15, 0.2) is 15.5 Å². The fourth-order valence-electron chi connectivity index (χ4n) is 3.17. The van der Waals surface area contributed by atoms with E-state index in [0.29, 0.717) is 23.0 Å². The van der Waals surface area contributed by atoms with Crippen molar-refractivity contribution in [1.29, 1.82) is 0 Å². The molecule has 0 bridgehead atoms. The highest BCUT2D eigenvalue weighted by Crippen LogP contribution is 2.44. The first kappa shape index (κ1) is 23.0. The van der Waals surface area contributed by atoms with Crippen molar-refractivity contribution in [2.75, 3.05) is 17.7 Å². The number of aliphatic hydroxyl groups is 1. The monoisotopic (exact) mass is 486 g/mol. The normalized spacial score (nSPS) is 17.6. The van der Waals surface area contributed by atoms with Crippen LogP contribution in [0.4, 0.5) is 5.00 Å². The molecule has 1 aliphatic heterocycles. The highest BCUT2D eigenvalue weighted by molar-refractivity contribution is 7.99. The number of nitrogens with zero attached hydrogens (tertiary/aromatic N) is 4. The van der Waals surface area contributed by atoms with Gasteiger partial charge in [0.05, 0.1) is 4.88 Å². The molecule has 0 spiro atoms. The maximum Gasteiger partial charge on any atom is 0.291 e. The van der Waals surface area contributed by atoms with Crippen molar-refractivity contribution in [3.05, 3.63) is 39.6 Å². The van der Waals surface area contributed by atoms with Crippen LogP contribution in [0.25, 0.3) is 0 Å². The molecule has 0 fully saturated rings. The van der Waals surface area contributed by atoms with Crippen LogP contribution in [0.2, 0.25) is 0 Å². The van der Waals surface area contributed by atoms with Crippen molar-refractivity contribution in [3.8, 4) is 11.8 Å². The van der Waals surface area contributed by atoms with E-state index in [1.165, 1.54) is 28.0 Å². The number of rotatable bonds is 3. The number of hydrogen-bond donors (Lipinski definition) is 3. The van der Waals surface area contributed by atoms with Gasteiger partial charge >= 0.3 is 0 Å². The van der Waals surface area contributed by atoms with Crippen molar-refractivity contribution in [3.63, 3.8) is 0 Å². The number of aryl methyl sites for hydroxylation is 2. The molecule has 4 heterocycles. The summed E-state index contributed by atoms with van der Waals surface area (Å²) in [5.74, 6) is 6.59. The average Bonchev–Trinajstić information content (AvgIpc) is 3.46. The molecule has 0 aliphatic carbocycles. The third kappa shape index (κ3) is 4.52. The van der Waals surface area contributed by atoms with Crippen molar-refractivity contribution in [1.82, 2.24) is 25.7 Å². The van der Waals surface area contributed by atoms with E-state index < -0.39 is 17.6 Å². The van der Waals surface area contributed by atoms with Gasteiger partial charge in [0.15, 0.2) is 5.60 Å². The summed E-state index contributed by atoms with van der Waals surface area (Å²) >= 11 is 2.84. The Labute approximate surface area is 198 Å². The number of thiophene rings is 1. The zero-order valence-electron chi connectivity index (χ0n) is 18.6. The molecule has 0 saturated heterocycles. The maximum absolute atomic E-state index is 13.1. The van der Waals surface area contributed by atoms with Gasteiger partial charge in [-0.1, -0.05) is 17.0 Å². The predicted molar refractivity (Wildman–Crippen MR) is 123 cm³/mol. The van der Waals surface area contributed by atoms with Gasteiger partial charge in [0.25, 0.3) is 11.8 Å². The SMILES string of the molecule is Cc1nc(C(=O)N[C@H]2CSc3c(sc(C#C[C@](C)(O)c4cc(C)on4)c3C)N(C)C2=O)n[nH]1. The molecule has 0 aromatic carbocycles. The Hall–Kier alpha value is -3.14. The molecule has 10 nitrogen and oxygen atoms in total. The molecule has 0 unspecified atom stereocenters. The molecule has 33 heavy (non-hydrogen) atoms. The van der Waals surface area contributed by atoms with E-state index in [1.54, 1.807) is 33.9 Å². The second-order valence-electron chi connectivity index (χ2n) is 7.81. The molecule has 4 rings (SSSR count). The summed E-state index contributed by atoms with van der Waals surface area (Å²) in [6.45, 7) is 6.91. The number of aromatic nitrogens is 4. The average molecular weight is 487 g/mol. The van der Waals surface area contributed by atoms with Crippen molar-refractivity contribution in [2.24, 2.45) is 0 Å². The first-order chi connectivity index (χ1) is 15.6. The van der Waals surface area contributed by atoms with Crippen LogP contribution in [0, 0.1) is 32.6 Å². The van der Waals surface area contributed by atoms with E-state index in [0.717, 1.165) is 20.3 Å². The topological polar surface area (TPSA) is 137 Å². The molecule has 0 radical (unpaired) electrons. The molecule has 1 aliphatic rings. The number of thioether (sulfide) groups is 1. The van der Waals surface area contributed by atoms with Crippen LogP contribution in [0.1, 0.15) is 45.3 Å². The summed E-state index contributed by atoms with van der Waals surface area (Å²) in [5, 5.41) is 24.5. The quantitative estimate of drug-likeness (QED) is 0.478.